The first kappa shape index (κ1) is 15.1. The van der Waals surface area contributed by atoms with Crippen molar-refractivity contribution in [3.05, 3.63) is 29.8 Å². The van der Waals surface area contributed by atoms with Gasteiger partial charge >= 0.3 is 0 Å². The molecule has 2 heterocycles. The van der Waals surface area contributed by atoms with Crippen molar-refractivity contribution in [1.82, 2.24) is 15.1 Å². The molecule has 116 valence electrons. The Morgan fingerprint density at radius 3 is 2.64 bits per heavy atom. The summed E-state index contributed by atoms with van der Waals surface area (Å²) in [5.74, 6) is 1.00. The molecule has 1 aromatic heterocycles. The lowest BCUT2D eigenvalue weighted by molar-refractivity contribution is -0.127. The topological polar surface area (TPSA) is 59.2 Å². The zero-order valence-electron chi connectivity index (χ0n) is 12.6. The Morgan fingerprint density at radius 1 is 1.23 bits per heavy atom. The van der Waals surface area contributed by atoms with Crippen LogP contribution in [-0.2, 0) is 11.2 Å². The average molecular weight is 317 g/mol. The van der Waals surface area contributed by atoms with E-state index in [1.807, 2.05) is 17.0 Å². The molecule has 0 aliphatic carbocycles. The van der Waals surface area contributed by atoms with Crippen LogP contribution in [0.1, 0.15) is 25.3 Å². The normalized spacial score (nSPS) is 14.5. The van der Waals surface area contributed by atoms with Gasteiger partial charge in [-0.15, -0.1) is 10.2 Å². The van der Waals surface area contributed by atoms with Crippen LogP contribution < -0.4 is 0 Å². The Morgan fingerprint density at radius 2 is 1.95 bits per heavy atom. The molecular formula is C16H19N3O2S. The highest BCUT2D eigenvalue weighted by molar-refractivity contribution is 7.99. The Hall–Kier alpha value is -1.82. The van der Waals surface area contributed by atoms with Gasteiger partial charge in [0.05, 0.1) is 5.75 Å². The number of carbonyl (C=O) groups excluding carboxylic acids is 1. The van der Waals surface area contributed by atoms with E-state index in [4.69, 9.17) is 4.42 Å². The molecule has 0 saturated carbocycles. The van der Waals surface area contributed by atoms with Gasteiger partial charge in [0.15, 0.2) is 0 Å². The molecule has 1 saturated heterocycles. The smallest absolute Gasteiger partial charge is 0.277 e. The standard InChI is InChI=1S/C16H19N3O2S/c1-2-12-5-7-13(8-6-12)15-17-18-16(21-15)22-11-14(20)19-9-3-4-10-19/h5-8H,2-4,9-11H2,1H3. The molecule has 1 aliphatic rings. The van der Waals surface area contributed by atoms with E-state index in [1.54, 1.807) is 0 Å². The Labute approximate surface area is 134 Å². The maximum atomic E-state index is 12.0. The van der Waals surface area contributed by atoms with Gasteiger partial charge in [-0.25, -0.2) is 0 Å². The van der Waals surface area contributed by atoms with Crippen molar-refractivity contribution in [1.29, 1.82) is 0 Å². The minimum Gasteiger partial charge on any atom is -0.411 e. The molecule has 1 amide bonds. The third kappa shape index (κ3) is 3.50. The summed E-state index contributed by atoms with van der Waals surface area (Å²) in [7, 11) is 0. The largest absolute Gasteiger partial charge is 0.411 e. The average Bonchev–Trinajstić information content (AvgIpc) is 3.24. The van der Waals surface area contributed by atoms with Crippen molar-refractivity contribution in [2.75, 3.05) is 18.8 Å². The highest BCUT2D eigenvalue weighted by Crippen LogP contribution is 2.24. The number of nitrogens with zero attached hydrogens (tertiary/aromatic N) is 3. The molecule has 0 N–H and O–H groups in total. The van der Waals surface area contributed by atoms with E-state index >= 15 is 0 Å². The molecule has 1 fully saturated rings. The quantitative estimate of drug-likeness (QED) is 0.793. The van der Waals surface area contributed by atoms with Gasteiger partial charge < -0.3 is 9.32 Å². The molecule has 0 atom stereocenters. The SMILES string of the molecule is CCc1ccc(-c2nnc(SCC(=O)N3CCCC3)o2)cc1. The molecular weight excluding hydrogens is 298 g/mol. The number of aromatic nitrogens is 2. The summed E-state index contributed by atoms with van der Waals surface area (Å²) in [4.78, 5) is 13.9. The van der Waals surface area contributed by atoms with Gasteiger partial charge in [-0.05, 0) is 37.0 Å². The predicted octanol–water partition coefficient (Wildman–Crippen LogP) is 3.01. The fraction of sp³-hybridized carbons (Fsp3) is 0.438. The highest BCUT2D eigenvalue weighted by atomic mass is 32.2. The first-order chi connectivity index (χ1) is 10.8. The molecule has 2 aromatic rings. The number of aryl methyl sites for hydroxylation is 1. The third-order valence-electron chi connectivity index (χ3n) is 3.79. The monoisotopic (exact) mass is 317 g/mol. The number of thioether (sulfide) groups is 1. The highest BCUT2D eigenvalue weighted by Gasteiger charge is 2.19. The fourth-order valence-electron chi connectivity index (χ4n) is 2.45. The van der Waals surface area contributed by atoms with Gasteiger partial charge in [0.2, 0.25) is 11.8 Å². The molecule has 5 nitrogen and oxygen atoms in total. The van der Waals surface area contributed by atoms with Gasteiger partial charge in [0, 0.05) is 18.7 Å². The molecule has 0 unspecified atom stereocenters. The van der Waals surface area contributed by atoms with E-state index in [2.05, 4.69) is 29.3 Å². The number of likely N-dealkylation sites (tertiary alicyclic amines) is 1. The van der Waals surface area contributed by atoms with E-state index in [0.29, 0.717) is 16.9 Å². The van der Waals surface area contributed by atoms with Crippen molar-refractivity contribution < 1.29 is 9.21 Å². The molecule has 3 rings (SSSR count). The zero-order valence-corrected chi connectivity index (χ0v) is 13.4. The zero-order chi connectivity index (χ0) is 15.4. The second kappa shape index (κ2) is 6.96. The van der Waals surface area contributed by atoms with Crippen LogP contribution in [0.25, 0.3) is 11.5 Å². The van der Waals surface area contributed by atoms with Crippen LogP contribution >= 0.6 is 11.8 Å². The van der Waals surface area contributed by atoms with Crippen LogP contribution in [0.15, 0.2) is 33.9 Å². The second-order valence-corrected chi connectivity index (χ2v) is 6.23. The summed E-state index contributed by atoms with van der Waals surface area (Å²) in [6, 6.07) is 8.08. The molecule has 0 spiro atoms. The number of carbonyl (C=O) groups is 1. The summed E-state index contributed by atoms with van der Waals surface area (Å²) in [5.41, 5.74) is 2.18. The Balaban J connectivity index is 1.59. The summed E-state index contributed by atoms with van der Waals surface area (Å²) in [5, 5.41) is 8.51. The fourth-order valence-corrected chi connectivity index (χ4v) is 3.12. The third-order valence-corrected chi connectivity index (χ3v) is 4.60. The Kier molecular flexibility index (Phi) is 4.77. The van der Waals surface area contributed by atoms with E-state index in [0.717, 1.165) is 37.9 Å². The second-order valence-electron chi connectivity index (χ2n) is 5.30. The maximum Gasteiger partial charge on any atom is 0.277 e. The summed E-state index contributed by atoms with van der Waals surface area (Å²) >= 11 is 1.31. The molecule has 1 aromatic carbocycles. The van der Waals surface area contributed by atoms with E-state index in [1.165, 1.54) is 17.3 Å². The van der Waals surface area contributed by atoms with Crippen molar-refractivity contribution in [2.45, 2.75) is 31.4 Å². The number of hydrogen-bond acceptors (Lipinski definition) is 5. The lowest BCUT2D eigenvalue weighted by Crippen LogP contribution is -2.29. The molecule has 0 radical (unpaired) electrons. The lowest BCUT2D eigenvalue weighted by Gasteiger charge is -2.13. The van der Waals surface area contributed by atoms with Crippen molar-refractivity contribution in [3.63, 3.8) is 0 Å². The van der Waals surface area contributed by atoms with Gasteiger partial charge in [0.25, 0.3) is 5.22 Å². The number of hydrogen-bond donors (Lipinski definition) is 0. The van der Waals surface area contributed by atoms with Crippen LogP contribution in [-0.4, -0.2) is 39.8 Å². The van der Waals surface area contributed by atoms with Crippen molar-refractivity contribution >= 4 is 17.7 Å². The van der Waals surface area contributed by atoms with Crippen LogP contribution in [0.4, 0.5) is 0 Å². The van der Waals surface area contributed by atoms with Crippen LogP contribution in [0.5, 0.6) is 0 Å². The molecule has 22 heavy (non-hydrogen) atoms. The van der Waals surface area contributed by atoms with E-state index < -0.39 is 0 Å². The summed E-state index contributed by atoms with van der Waals surface area (Å²) in [6.07, 6.45) is 3.22. The first-order valence-corrected chi connectivity index (χ1v) is 8.58. The molecule has 6 heteroatoms. The van der Waals surface area contributed by atoms with Gasteiger partial charge in [-0.2, -0.15) is 0 Å². The number of rotatable bonds is 5. The first-order valence-electron chi connectivity index (χ1n) is 7.59. The van der Waals surface area contributed by atoms with E-state index in [9.17, 15) is 4.79 Å². The number of amides is 1. The van der Waals surface area contributed by atoms with Crippen LogP contribution in [0, 0.1) is 0 Å². The van der Waals surface area contributed by atoms with Crippen LogP contribution in [0.2, 0.25) is 0 Å². The van der Waals surface area contributed by atoms with E-state index in [-0.39, 0.29) is 5.91 Å². The minimum absolute atomic E-state index is 0.148. The van der Waals surface area contributed by atoms with Gasteiger partial charge in [-0.1, -0.05) is 30.8 Å². The maximum absolute atomic E-state index is 12.0. The number of benzene rings is 1. The summed E-state index contributed by atoms with van der Waals surface area (Å²) in [6.45, 7) is 3.87. The minimum atomic E-state index is 0.148. The lowest BCUT2D eigenvalue weighted by atomic mass is 10.1. The summed E-state index contributed by atoms with van der Waals surface area (Å²) < 4.78 is 5.63. The Bertz CT molecular complexity index is 633. The van der Waals surface area contributed by atoms with Gasteiger partial charge in [0.1, 0.15) is 0 Å². The van der Waals surface area contributed by atoms with Crippen molar-refractivity contribution in [3.8, 4) is 11.5 Å². The van der Waals surface area contributed by atoms with Crippen molar-refractivity contribution in [2.24, 2.45) is 0 Å². The molecule has 0 bridgehead atoms. The van der Waals surface area contributed by atoms with Crippen LogP contribution in [0.3, 0.4) is 0 Å². The van der Waals surface area contributed by atoms with Gasteiger partial charge in [-0.3, -0.25) is 4.79 Å². The predicted molar refractivity (Wildman–Crippen MR) is 85.7 cm³/mol. The molecule has 1 aliphatic heterocycles.